The first kappa shape index (κ1) is 21.4. The summed E-state index contributed by atoms with van der Waals surface area (Å²) in [5.41, 5.74) is 2.13. The molecule has 1 aliphatic carbocycles. The van der Waals surface area contributed by atoms with Crippen molar-refractivity contribution in [2.75, 3.05) is 4.90 Å². The van der Waals surface area contributed by atoms with Gasteiger partial charge >= 0.3 is 0 Å². The topological polar surface area (TPSA) is 33.2 Å². The van der Waals surface area contributed by atoms with E-state index in [9.17, 15) is 4.79 Å². The predicted octanol–water partition coefficient (Wildman–Crippen LogP) is 8.51. The number of rotatable bonds is 4. The van der Waals surface area contributed by atoms with E-state index in [1.807, 2.05) is 6.07 Å². The van der Waals surface area contributed by atoms with Crippen LogP contribution in [0, 0.1) is 11.8 Å². The van der Waals surface area contributed by atoms with Gasteiger partial charge in [0.05, 0.1) is 30.3 Å². The maximum absolute atomic E-state index is 13.3. The molecule has 1 fully saturated rings. The van der Waals surface area contributed by atoms with Gasteiger partial charge in [0.1, 0.15) is 10.7 Å². The predicted molar refractivity (Wildman–Crippen MR) is 126 cm³/mol. The van der Waals surface area contributed by atoms with Gasteiger partial charge in [0.25, 0.3) is 0 Å². The molecule has 0 saturated heterocycles. The normalized spacial score (nSPS) is 18.0. The van der Waals surface area contributed by atoms with Gasteiger partial charge in [-0.15, -0.1) is 0 Å². The third-order valence-corrected chi connectivity index (χ3v) is 8.15. The van der Waals surface area contributed by atoms with Crippen LogP contribution in [0.4, 0.5) is 10.7 Å². The minimum atomic E-state index is -0.0214. The zero-order valence-electron chi connectivity index (χ0n) is 14.9. The Morgan fingerprint density at radius 2 is 1.69 bits per heavy atom. The Morgan fingerprint density at radius 1 is 1.07 bits per heavy atom. The largest absolute Gasteiger partial charge is 0.274 e. The van der Waals surface area contributed by atoms with Crippen LogP contribution in [0.5, 0.6) is 0 Å². The number of aromatic nitrogens is 1. The number of hydrogen-bond donors (Lipinski definition) is 0. The van der Waals surface area contributed by atoms with E-state index < -0.39 is 0 Å². The average molecular weight is 551 g/mol. The van der Waals surface area contributed by atoms with E-state index in [2.05, 4.69) is 27.2 Å². The van der Waals surface area contributed by atoms with Gasteiger partial charge < -0.3 is 0 Å². The summed E-state index contributed by atoms with van der Waals surface area (Å²) in [5.74, 6) is 0.349. The third-order valence-electron chi connectivity index (χ3n) is 4.82. The van der Waals surface area contributed by atoms with E-state index in [1.165, 1.54) is 11.5 Å². The van der Waals surface area contributed by atoms with Crippen LogP contribution >= 0.6 is 73.9 Å². The minimum absolute atomic E-state index is 0.0147. The highest BCUT2D eigenvalue weighted by Gasteiger charge is 2.43. The van der Waals surface area contributed by atoms with Crippen LogP contribution in [0.15, 0.2) is 40.9 Å². The quantitative estimate of drug-likeness (QED) is 0.326. The van der Waals surface area contributed by atoms with E-state index in [4.69, 9.17) is 46.4 Å². The van der Waals surface area contributed by atoms with Crippen molar-refractivity contribution in [3.63, 3.8) is 0 Å². The van der Waals surface area contributed by atoms with Gasteiger partial charge in [-0.2, -0.15) is 4.37 Å². The van der Waals surface area contributed by atoms with Crippen molar-refractivity contribution in [3.8, 4) is 11.3 Å². The van der Waals surface area contributed by atoms with Crippen molar-refractivity contribution in [2.45, 2.75) is 13.3 Å². The molecule has 0 radical (unpaired) electrons. The molecule has 3 nitrogen and oxygen atoms in total. The maximum Gasteiger partial charge on any atom is 0.235 e. The highest BCUT2D eigenvalue weighted by Crippen LogP contribution is 2.47. The van der Waals surface area contributed by atoms with Gasteiger partial charge in [-0.05, 0) is 70.1 Å². The van der Waals surface area contributed by atoms with Gasteiger partial charge in [0.2, 0.25) is 5.91 Å². The van der Waals surface area contributed by atoms with E-state index in [-0.39, 0.29) is 11.8 Å². The Labute approximate surface area is 200 Å². The Bertz CT molecular complexity index is 1120. The SMILES string of the molecule is C[C@@H]1C[C@H]1C(=O)N(c1ccc(Cl)c(Cl)c1)c1snc(-c2ccc(Cl)c(Cl)c2)c1Br. The van der Waals surface area contributed by atoms with Gasteiger partial charge in [-0.3, -0.25) is 9.69 Å². The molecule has 1 aliphatic rings. The van der Waals surface area contributed by atoms with Crippen LogP contribution in [-0.4, -0.2) is 10.3 Å². The van der Waals surface area contributed by atoms with Crippen LogP contribution in [0.2, 0.25) is 20.1 Å². The fourth-order valence-corrected chi connectivity index (χ4v) is 5.28. The molecule has 0 bridgehead atoms. The zero-order chi connectivity index (χ0) is 20.9. The molecule has 0 spiro atoms. The molecule has 1 saturated carbocycles. The molecular weight excluding hydrogens is 538 g/mol. The fraction of sp³-hybridized carbons (Fsp3) is 0.200. The molecule has 29 heavy (non-hydrogen) atoms. The monoisotopic (exact) mass is 548 g/mol. The molecule has 0 aliphatic heterocycles. The van der Waals surface area contributed by atoms with Crippen LogP contribution in [0.1, 0.15) is 13.3 Å². The van der Waals surface area contributed by atoms with Gasteiger partial charge in [-0.1, -0.05) is 59.4 Å². The van der Waals surface area contributed by atoms with Crippen molar-refractivity contribution in [2.24, 2.45) is 11.8 Å². The molecule has 0 unspecified atom stereocenters. The van der Waals surface area contributed by atoms with Gasteiger partial charge in [0, 0.05) is 11.5 Å². The van der Waals surface area contributed by atoms with Crippen LogP contribution in [0.25, 0.3) is 11.3 Å². The Hall–Kier alpha value is -0.820. The molecule has 1 heterocycles. The molecule has 3 aromatic rings. The summed E-state index contributed by atoms with van der Waals surface area (Å²) in [6, 6.07) is 10.5. The summed E-state index contributed by atoms with van der Waals surface area (Å²) in [6.45, 7) is 2.07. The first-order valence-corrected chi connectivity index (χ1v) is 11.8. The number of amides is 1. The number of nitrogens with zero attached hydrogens (tertiary/aromatic N) is 2. The van der Waals surface area contributed by atoms with E-state index in [0.717, 1.165) is 12.0 Å². The van der Waals surface area contributed by atoms with Crippen LogP contribution in [0.3, 0.4) is 0 Å². The van der Waals surface area contributed by atoms with Crippen molar-refractivity contribution >= 4 is 90.5 Å². The second-order valence-corrected chi connectivity index (χ2v) is 10.0. The van der Waals surface area contributed by atoms with Crippen molar-refractivity contribution in [3.05, 3.63) is 61.0 Å². The zero-order valence-corrected chi connectivity index (χ0v) is 20.4. The van der Waals surface area contributed by atoms with Crippen molar-refractivity contribution < 1.29 is 4.79 Å². The lowest BCUT2D eigenvalue weighted by Gasteiger charge is -2.22. The fourth-order valence-electron chi connectivity index (χ4n) is 3.03. The highest BCUT2D eigenvalue weighted by molar-refractivity contribution is 9.10. The number of anilines is 2. The number of carbonyl (C=O) groups excluding carboxylic acids is 1. The summed E-state index contributed by atoms with van der Waals surface area (Å²) < 4.78 is 5.27. The van der Waals surface area contributed by atoms with E-state index in [1.54, 1.807) is 35.2 Å². The smallest absolute Gasteiger partial charge is 0.235 e. The molecule has 4 rings (SSSR count). The number of hydrogen-bond acceptors (Lipinski definition) is 3. The Balaban J connectivity index is 1.80. The summed E-state index contributed by atoms with van der Waals surface area (Å²) in [6.07, 6.45) is 0.868. The molecular formula is C20H13BrCl4N2OS. The van der Waals surface area contributed by atoms with E-state index >= 15 is 0 Å². The number of carbonyl (C=O) groups is 1. The summed E-state index contributed by atoms with van der Waals surface area (Å²) in [4.78, 5) is 14.9. The molecule has 2 atom stereocenters. The Morgan fingerprint density at radius 3 is 2.28 bits per heavy atom. The summed E-state index contributed by atoms with van der Waals surface area (Å²) in [7, 11) is 0. The number of halogens is 5. The van der Waals surface area contributed by atoms with E-state index in [0.29, 0.717) is 46.9 Å². The Kier molecular flexibility index (Phi) is 6.18. The molecule has 2 aromatic carbocycles. The molecule has 1 aromatic heterocycles. The second-order valence-electron chi connectivity index (χ2n) is 6.87. The lowest BCUT2D eigenvalue weighted by atomic mass is 10.1. The summed E-state index contributed by atoms with van der Waals surface area (Å²) in [5, 5.41) is 2.40. The first-order valence-electron chi connectivity index (χ1n) is 8.67. The van der Waals surface area contributed by atoms with Gasteiger partial charge in [-0.25, -0.2) is 0 Å². The molecule has 0 N–H and O–H groups in total. The van der Waals surface area contributed by atoms with Crippen molar-refractivity contribution in [1.29, 1.82) is 0 Å². The summed E-state index contributed by atoms with van der Waals surface area (Å²) >= 11 is 29.4. The third kappa shape index (κ3) is 4.18. The van der Waals surface area contributed by atoms with Crippen molar-refractivity contribution in [1.82, 2.24) is 4.37 Å². The van der Waals surface area contributed by atoms with Crippen LogP contribution in [-0.2, 0) is 4.79 Å². The molecule has 150 valence electrons. The average Bonchev–Trinajstić information content (AvgIpc) is 3.31. The van der Waals surface area contributed by atoms with Crippen LogP contribution < -0.4 is 4.90 Å². The lowest BCUT2D eigenvalue weighted by molar-refractivity contribution is -0.119. The minimum Gasteiger partial charge on any atom is -0.274 e. The lowest BCUT2D eigenvalue weighted by Crippen LogP contribution is -2.27. The highest BCUT2D eigenvalue weighted by atomic mass is 79.9. The first-order chi connectivity index (χ1) is 13.8. The second kappa shape index (κ2) is 8.37. The van der Waals surface area contributed by atoms with Gasteiger partial charge in [0.15, 0.2) is 0 Å². The number of benzene rings is 2. The molecule has 1 amide bonds. The standard InChI is InChI=1S/C20H13BrCl4N2OS/c1-9-6-12(9)19(28)27(11-3-5-14(23)16(25)8-11)20-17(21)18(26-29-20)10-2-4-13(22)15(24)7-10/h2-5,7-9,12H,6H2,1H3/t9-,12-/m1/s1. The maximum atomic E-state index is 13.3. The molecule has 9 heteroatoms.